The summed E-state index contributed by atoms with van der Waals surface area (Å²) in [5.74, 6) is -3.40. The third kappa shape index (κ3) is 5.99. The van der Waals surface area contributed by atoms with Gasteiger partial charge in [0, 0.05) is 6.08 Å². The first-order chi connectivity index (χ1) is 13.3. The van der Waals surface area contributed by atoms with E-state index in [9.17, 15) is 19.2 Å². The van der Waals surface area contributed by atoms with E-state index < -0.39 is 50.5 Å². The van der Waals surface area contributed by atoms with Crippen molar-refractivity contribution in [2.24, 2.45) is 5.92 Å². The second-order valence-electron chi connectivity index (χ2n) is 8.43. The Morgan fingerprint density at radius 1 is 1.14 bits per heavy atom. The van der Waals surface area contributed by atoms with Gasteiger partial charge in [0.15, 0.2) is 8.32 Å². The van der Waals surface area contributed by atoms with Crippen LogP contribution in [0.3, 0.4) is 0 Å². The SMILES string of the molecule is CCOC(=O)/C=C1/[C@@H]([C@@H](C)O[Si](C)(C)C(C)(C)C)C(=O)N1C(=O)CC(=O)OCC. The fourth-order valence-electron chi connectivity index (χ4n) is 2.76. The predicted molar refractivity (Wildman–Crippen MR) is 109 cm³/mol. The first kappa shape index (κ1) is 25.0. The highest BCUT2D eigenvalue weighted by Crippen LogP contribution is 2.41. The van der Waals surface area contributed by atoms with Crippen molar-refractivity contribution < 1.29 is 33.1 Å². The van der Waals surface area contributed by atoms with Crippen LogP contribution in [-0.2, 0) is 33.1 Å². The molecule has 2 atom stereocenters. The van der Waals surface area contributed by atoms with Gasteiger partial charge in [-0.15, -0.1) is 0 Å². The minimum Gasteiger partial charge on any atom is -0.466 e. The van der Waals surface area contributed by atoms with Crippen LogP contribution in [0.15, 0.2) is 11.8 Å². The van der Waals surface area contributed by atoms with E-state index in [1.807, 2.05) is 0 Å². The largest absolute Gasteiger partial charge is 0.466 e. The zero-order chi connectivity index (χ0) is 22.6. The number of ether oxygens (including phenoxy) is 2. The summed E-state index contributed by atoms with van der Waals surface area (Å²) >= 11 is 0. The highest BCUT2D eigenvalue weighted by molar-refractivity contribution is 6.74. The zero-order valence-corrected chi connectivity index (χ0v) is 19.7. The predicted octanol–water partition coefficient (Wildman–Crippen LogP) is 2.78. The molecule has 164 valence electrons. The fraction of sp³-hybridized carbons (Fsp3) is 0.700. The van der Waals surface area contributed by atoms with Gasteiger partial charge in [-0.3, -0.25) is 19.3 Å². The van der Waals surface area contributed by atoms with Gasteiger partial charge in [-0.2, -0.15) is 0 Å². The van der Waals surface area contributed by atoms with Crippen molar-refractivity contribution >= 4 is 32.1 Å². The van der Waals surface area contributed by atoms with E-state index in [1.165, 1.54) is 0 Å². The molecule has 1 saturated heterocycles. The van der Waals surface area contributed by atoms with E-state index in [2.05, 4.69) is 33.9 Å². The van der Waals surface area contributed by atoms with Gasteiger partial charge in [0.05, 0.1) is 25.0 Å². The minimum atomic E-state index is -2.19. The van der Waals surface area contributed by atoms with Gasteiger partial charge in [-0.1, -0.05) is 20.8 Å². The molecule has 1 aliphatic rings. The quantitative estimate of drug-likeness (QED) is 0.193. The molecule has 0 bridgehead atoms. The number of esters is 2. The van der Waals surface area contributed by atoms with Crippen LogP contribution in [0.25, 0.3) is 0 Å². The maximum atomic E-state index is 12.8. The molecule has 0 aromatic carbocycles. The van der Waals surface area contributed by atoms with Crippen LogP contribution in [0.1, 0.15) is 48.0 Å². The summed E-state index contributed by atoms with van der Waals surface area (Å²) in [7, 11) is -2.19. The van der Waals surface area contributed by atoms with Crippen LogP contribution >= 0.6 is 0 Å². The Kier molecular flexibility index (Phi) is 8.34. The average molecular weight is 428 g/mol. The van der Waals surface area contributed by atoms with E-state index in [0.29, 0.717) is 0 Å². The summed E-state index contributed by atoms with van der Waals surface area (Å²) < 4.78 is 16.0. The molecule has 8 nitrogen and oxygen atoms in total. The smallest absolute Gasteiger partial charge is 0.332 e. The molecule has 0 aromatic rings. The van der Waals surface area contributed by atoms with Gasteiger partial charge in [-0.05, 0) is 38.9 Å². The number of imide groups is 1. The Balaban J connectivity index is 3.11. The highest BCUT2D eigenvalue weighted by Gasteiger charge is 2.52. The van der Waals surface area contributed by atoms with Crippen LogP contribution in [0.5, 0.6) is 0 Å². The number of carbonyl (C=O) groups excluding carboxylic acids is 4. The van der Waals surface area contributed by atoms with Gasteiger partial charge >= 0.3 is 11.9 Å². The van der Waals surface area contributed by atoms with E-state index in [4.69, 9.17) is 13.9 Å². The Morgan fingerprint density at radius 3 is 2.17 bits per heavy atom. The molecule has 29 heavy (non-hydrogen) atoms. The third-order valence-corrected chi connectivity index (χ3v) is 9.80. The maximum Gasteiger partial charge on any atom is 0.332 e. The number of amides is 2. The number of β-lactam (4-membered cyclic amide) rings is 1. The molecule has 1 heterocycles. The van der Waals surface area contributed by atoms with Crippen molar-refractivity contribution in [2.75, 3.05) is 13.2 Å². The molecular formula is C20H33NO7Si. The Morgan fingerprint density at radius 2 is 1.69 bits per heavy atom. The number of hydrogen-bond acceptors (Lipinski definition) is 7. The summed E-state index contributed by atoms with van der Waals surface area (Å²) in [5.41, 5.74) is 0.189. The van der Waals surface area contributed by atoms with E-state index in [1.54, 1.807) is 20.8 Å². The zero-order valence-electron chi connectivity index (χ0n) is 18.7. The Bertz CT molecular complexity index is 693. The van der Waals surface area contributed by atoms with Crippen molar-refractivity contribution in [2.45, 2.75) is 72.2 Å². The summed E-state index contributed by atoms with van der Waals surface area (Å²) in [6.45, 7) is 15.7. The van der Waals surface area contributed by atoms with Gasteiger partial charge in [0.25, 0.3) is 0 Å². The lowest BCUT2D eigenvalue weighted by molar-refractivity contribution is -0.158. The van der Waals surface area contributed by atoms with E-state index in [-0.39, 0.29) is 23.9 Å². The normalized spacial score (nSPS) is 19.6. The molecule has 1 aliphatic heterocycles. The van der Waals surface area contributed by atoms with E-state index in [0.717, 1.165) is 11.0 Å². The Labute approximate surface area is 173 Å². The molecule has 0 aromatic heterocycles. The number of nitrogens with zero attached hydrogens (tertiary/aromatic N) is 1. The molecule has 0 unspecified atom stereocenters. The number of rotatable bonds is 8. The number of likely N-dealkylation sites (tertiary alicyclic amines) is 1. The average Bonchev–Trinajstić information content (AvgIpc) is 2.52. The first-order valence-corrected chi connectivity index (χ1v) is 12.8. The number of carbonyl (C=O) groups is 4. The van der Waals surface area contributed by atoms with Crippen LogP contribution in [0.4, 0.5) is 0 Å². The van der Waals surface area contributed by atoms with Gasteiger partial charge in [0.1, 0.15) is 12.3 Å². The molecule has 1 fully saturated rings. The van der Waals surface area contributed by atoms with Gasteiger partial charge < -0.3 is 13.9 Å². The van der Waals surface area contributed by atoms with Crippen LogP contribution < -0.4 is 0 Å². The standard InChI is InChI=1S/C20H33NO7Si/c1-9-26-16(23)11-14-18(13(3)28-29(7,8)20(4,5)6)19(25)21(14)15(22)12-17(24)27-10-2/h11,13,18H,9-10,12H2,1-8H3/b14-11-/t13-,18-/m1/s1. The maximum absolute atomic E-state index is 12.8. The molecule has 0 saturated carbocycles. The molecule has 2 amide bonds. The molecular weight excluding hydrogens is 394 g/mol. The monoisotopic (exact) mass is 427 g/mol. The summed E-state index contributed by atoms with van der Waals surface area (Å²) in [6.07, 6.45) is 0.0179. The van der Waals surface area contributed by atoms with E-state index >= 15 is 0 Å². The summed E-state index contributed by atoms with van der Waals surface area (Å²) in [4.78, 5) is 49.7. The van der Waals surface area contributed by atoms with Crippen LogP contribution in [-0.4, -0.2) is 56.3 Å². The fourth-order valence-corrected chi connectivity index (χ4v) is 4.18. The lowest BCUT2D eigenvalue weighted by Crippen LogP contribution is -2.59. The Hall–Kier alpha value is -2.00. The van der Waals surface area contributed by atoms with Crippen LogP contribution in [0, 0.1) is 5.92 Å². The summed E-state index contributed by atoms with van der Waals surface area (Å²) in [6, 6.07) is 0. The van der Waals surface area contributed by atoms with Crippen molar-refractivity contribution in [3.8, 4) is 0 Å². The molecule has 1 rings (SSSR count). The minimum absolute atomic E-state index is 0.0709. The lowest BCUT2D eigenvalue weighted by Gasteiger charge is -2.46. The summed E-state index contributed by atoms with van der Waals surface area (Å²) in [5, 5.41) is -0.0709. The van der Waals surface area contributed by atoms with Crippen molar-refractivity contribution in [3.05, 3.63) is 11.8 Å². The molecule has 0 spiro atoms. The molecule has 0 N–H and O–H groups in total. The topological polar surface area (TPSA) is 99.2 Å². The second kappa shape index (κ2) is 9.66. The number of hydrogen-bond donors (Lipinski definition) is 0. The second-order valence-corrected chi connectivity index (χ2v) is 13.2. The highest BCUT2D eigenvalue weighted by atomic mass is 28.4. The third-order valence-electron chi connectivity index (χ3n) is 5.22. The van der Waals surface area contributed by atoms with Gasteiger partial charge in [-0.25, -0.2) is 4.79 Å². The van der Waals surface area contributed by atoms with Gasteiger partial charge in [0.2, 0.25) is 11.8 Å². The van der Waals surface area contributed by atoms with Crippen molar-refractivity contribution in [1.82, 2.24) is 4.90 Å². The lowest BCUT2D eigenvalue weighted by atomic mass is 9.87. The molecule has 0 radical (unpaired) electrons. The van der Waals surface area contributed by atoms with Crippen molar-refractivity contribution in [3.63, 3.8) is 0 Å². The molecule has 0 aliphatic carbocycles. The first-order valence-electron chi connectivity index (χ1n) is 9.85. The van der Waals surface area contributed by atoms with Crippen LogP contribution in [0.2, 0.25) is 18.1 Å². The van der Waals surface area contributed by atoms with Crippen molar-refractivity contribution in [1.29, 1.82) is 0 Å². The molecule has 9 heteroatoms.